The minimum Gasteiger partial charge on any atom is -0.333 e. The Morgan fingerprint density at radius 3 is 1.67 bits per heavy atom. The first-order valence-corrected chi connectivity index (χ1v) is 14.2. The van der Waals surface area contributed by atoms with E-state index in [9.17, 15) is 14.0 Å². The first-order valence-electron chi connectivity index (χ1n) is 14.2. The molecule has 0 saturated heterocycles. The molecule has 7 heteroatoms. The van der Waals surface area contributed by atoms with Gasteiger partial charge in [-0.25, -0.2) is 4.39 Å². The lowest BCUT2D eigenvalue weighted by Gasteiger charge is -2.21. The van der Waals surface area contributed by atoms with Gasteiger partial charge in [-0.05, 0) is 71.3 Å². The fraction of sp³-hybridized carbons (Fsp3) is 0.257. The van der Waals surface area contributed by atoms with Crippen molar-refractivity contribution in [2.45, 2.75) is 58.5 Å². The monoisotopic (exact) mass is 564 g/mol. The van der Waals surface area contributed by atoms with Crippen molar-refractivity contribution in [2.75, 3.05) is 0 Å². The molecule has 2 aliphatic rings. The standard InChI is InChI=1S/C19H22N2O.C16H15FN2O/c1-13-7-8-15(14(2)9-13)10-18(20)19(22)21-11-16-5-3-4-6-17(16)12-21;17-14-7-5-11(6-8-14)15(18)16(20)19-9-12-3-1-2-4-13(12)10-19/h3-9,18H,10-12,20H2,1-2H3;1-8,15H,9-10,18H2/t;15-/m.1/s1. The number of benzene rings is 4. The van der Waals surface area contributed by atoms with Crippen LogP contribution in [0.15, 0.2) is 91.0 Å². The van der Waals surface area contributed by atoms with Crippen molar-refractivity contribution in [1.29, 1.82) is 0 Å². The average Bonchev–Trinajstić information content (AvgIpc) is 3.63. The number of nitrogens with two attached hydrogens (primary N) is 2. The Morgan fingerprint density at radius 1 is 0.714 bits per heavy atom. The highest BCUT2D eigenvalue weighted by Gasteiger charge is 2.28. The van der Waals surface area contributed by atoms with Crippen molar-refractivity contribution in [3.8, 4) is 0 Å². The molecular formula is C35H37FN4O2. The first kappa shape index (κ1) is 29.2. The van der Waals surface area contributed by atoms with Crippen LogP contribution in [0.1, 0.15) is 50.5 Å². The van der Waals surface area contributed by atoms with Gasteiger partial charge in [0.1, 0.15) is 11.9 Å². The smallest absolute Gasteiger partial charge is 0.244 e. The molecular weight excluding hydrogens is 527 g/mol. The van der Waals surface area contributed by atoms with Crippen LogP contribution in [0.4, 0.5) is 4.39 Å². The third-order valence-electron chi connectivity index (χ3n) is 8.06. The van der Waals surface area contributed by atoms with Crippen molar-refractivity contribution >= 4 is 11.8 Å². The fourth-order valence-corrected chi connectivity index (χ4v) is 5.62. The van der Waals surface area contributed by atoms with Gasteiger partial charge in [0.15, 0.2) is 0 Å². The number of carbonyl (C=O) groups excluding carboxylic acids is 2. The van der Waals surface area contributed by atoms with E-state index in [-0.39, 0.29) is 17.6 Å². The minimum atomic E-state index is -0.745. The van der Waals surface area contributed by atoms with Crippen molar-refractivity contribution in [3.05, 3.63) is 141 Å². The van der Waals surface area contributed by atoms with Gasteiger partial charge in [0.05, 0.1) is 6.04 Å². The van der Waals surface area contributed by atoms with E-state index in [2.05, 4.69) is 44.2 Å². The Kier molecular flexibility index (Phi) is 8.80. The third kappa shape index (κ3) is 6.59. The quantitative estimate of drug-likeness (QED) is 0.354. The van der Waals surface area contributed by atoms with Gasteiger partial charge in [0, 0.05) is 26.2 Å². The number of aryl methyl sites for hydroxylation is 2. The van der Waals surface area contributed by atoms with E-state index in [0.717, 1.165) is 16.7 Å². The first-order chi connectivity index (χ1) is 20.2. The molecule has 4 aromatic rings. The predicted molar refractivity (Wildman–Crippen MR) is 162 cm³/mol. The molecule has 4 N–H and O–H groups in total. The average molecular weight is 565 g/mol. The molecule has 4 aromatic carbocycles. The van der Waals surface area contributed by atoms with Crippen LogP contribution in [0.5, 0.6) is 0 Å². The summed E-state index contributed by atoms with van der Waals surface area (Å²) in [5, 5.41) is 0. The molecule has 0 bridgehead atoms. The summed E-state index contributed by atoms with van der Waals surface area (Å²) in [6.45, 7) is 6.67. The Labute approximate surface area is 246 Å². The van der Waals surface area contributed by atoms with Crippen LogP contribution in [0.3, 0.4) is 0 Å². The molecule has 2 heterocycles. The molecule has 2 atom stereocenters. The van der Waals surface area contributed by atoms with Crippen LogP contribution in [0, 0.1) is 19.7 Å². The van der Waals surface area contributed by atoms with E-state index >= 15 is 0 Å². The molecule has 2 amide bonds. The van der Waals surface area contributed by atoms with E-state index in [4.69, 9.17) is 11.5 Å². The highest BCUT2D eigenvalue weighted by atomic mass is 19.1. The van der Waals surface area contributed by atoms with E-state index in [1.165, 1.54) is 34.4 Å². The van der Waals surface area contributed by atoms with Gasteiger partial charge in [-0.1, -0.05) is 84.4 Å². The minimum absolute atomic E-state index is 0.0381. The maximum Gasteiger partial charge on any atom is 0.244 e. The predicted octanol–water partition coefficient (Wildman–Crippen LogP) is 5.08. The molecule has 42 heavy (non-hydrogen) atoms. The summed E-state index contributed by atoms with van der Waals surface area (Å²) >= 11 is 0. The zero-order valence-electron chi connectivity index (χ0n) is 24.1. The summed E-state index contributed by atoms with van der Waals surface area (Å²) in [6, 6.07) is 27.0. The molecule has 6 nitrogen and oxygen atoms in total. The van der Waals surface area contributed by atoms with Crippen LogP contribution >= 0.6 is 0 Å². The molecule has 0 saturated carbocycles. The zero-order valence-corrected chi connectivity index (χ0v) is 24.1. The van der Waals surface area contributed by atoms with Crippen molar-refractivity contribution < 1.29 is 14.0 Å². The molecule has 0 spiro atoms. The number of hydrogen-bond acceptors (Lipinski definition) is 4. The maximum absolute atomic E-state index is 12.9. The van der Waals surface area contributed by atoms with Crippen molar-refractivity contribution in [1.82, 2.24) is 9.80 Å². The number of carbonyl (C=O) groups is 2. The largest absolute Gasteiger partial charge is 0.333 e. The third-order valence-corrected chi connectivity index (χ3v) is 8.06. The number of halogens is 1. The lowest BCUT2D eigenvalue weighted by molar-refractivity contribution is -0.134. The molecule has 1 unspecified atom stereocenters. The Hall–Kier alpha value is -4.33. The van der Waals surface area contributed by atoms with E-state index in [1.807, 2.05) is 41.3 Å². The van der Waals surface area contributed by atoms with Gasteiger partial charge in [-0.2, -0.15) is 0 Å². The second-order valence-corrected chi connectivity index (χ2v) is 11.2. The summed E-state index contributed by atoms with van der Waals surface area (Å²) in [5.74, 6) is -0.425. The number of nitrogens with zero attached hydrogens (tertiary/aromatic N) is 2. The summed E-state index contributed by atoms with van der Waals surface area (Å²) in [7, 11) is 0. The number of rotatable bonds is 5. The summed E-state index contributed by atoms with van der Waals surface area (Å²) in [4.78, 5) is 28.6. The lowest BCUT2D eigenvalue weighted by atomic mass is 9.99. The normalized spacial score (nSPS) is 14.9. The SMILES string of the molecule is Cc1ccc(CC(N)C(=O)N2Cc3ccccc3C2)c(C)c1.N[C@@H](C(=O)N1Cc2ccccc2C1)c1ccc(F)cc1. The number of fused-ring (bicyclic) bond motifs is 2. The Bertz CT molecular complexity index is 1540. The highest BCUT2D eigenvalue weighted by molar-refractivity contribution is 5.84. The molecule has 0 radical (unpaired) electrons. The van der Waals surface area contributed by atoms with Crippen molar-refractivity contribution in [2.24, 2.45) is 11.5 Å². The Balaban J connectivity index is 0.000000169. The molecule has 2 aliphatic heterocycles. The van der Waals surface area contributed by atoms with E-state index in [1.54, 1.807) is 17.0 Å². The van der Waals surface area contributed by atoms with Gasteiger partial charge in [0.25, 0.3) is 0 Å². The van der Waals surface area contributed by atoms with Crippen LogP contribution in [0.25, 0.3) is 0 Å². The van der Waals surface area contributed by atoms with Crippen molar-refractivity contribution in [3.63, 3.8) is 0 Å². The van der Waals surface area contributed by atoms with Gasteiger partial charge in [-0.3, -0.25) is 9.59 Å². The van der Waals surface area contributed by atoms with Gasteiger partial charge in [-0.15, -0.1) is 0 Å². The van der Waals surface area contributed by atoms with Crippen LogP contribution in [0.2, 0.25) is 0 Å². The molecule has 0 aromatic heterocycles. The number of hydrogen-bond donors (Lipinski definition) is 2. The molecule has 0 aliphatic carbocycles. The van der Waals surface area contributed by atoms with Crippen LogP contribution in [-0.2, 0) is 42.2 Å². The maximum atomic E-state index is 12.9. The van der Waals surface area contributed by atoms with E-state index in [0.29, 0.717) is 38.2 Å². The molecule has 216 valence electrons. The highest BCUT2D eigenvalue weighted by Crippen LogP contribution is 2.26. The van der Waals surface area contributed by atoms with Gasteiger partial charge in [0.2, 0.25) is 11.8 Å². The molecule has 0 fully saturated rings. The number of amides is 2. The van der Waals surface area contributed by atoms with Gasteiger partial charge >= 0.3 is 0 Å². The Morgan fingerprint density at radius 2 is 1.19 bits per heavy atom. The molecule has 6 rings (SSSR count). The topological polar surface area (TPSA) is 92.7 Å². The fourth-order valence-electron chi connectivity index (χ4n) is 5.62. The summed E-state index contributed by atoms with van der Waals surface area (Å²) in [5.41, 5.74) is 21.2. The van der Waals surface area contributed by atoms with Gasteiger partial charge < -0.3 is 21.3 Å². The van der Waals surface area contributed by atoms with Crippen LogP contribution < -0.4 is 11.5 Å². The zero-order chi connectivity index (χ0) is 29.8. The van der Waals surface area contributed by atoms with E-state index < -0.39 is 12.1 Å². The second kappa shape index (κ2) is 12.7. The second-order valence-electron chi connectivity index (χ2n) is 11.2. The van der Waals surface area contributed by atoms with Crippen LogP contribution in [-0.4, -0.2) is 27.7 Å². The summed E-state index contributed by atoms with van der Waals surface area (Å²) in [6.07, 6.45) is 0.595. The lowest BCUT2D eigenvalue weighted by Crippen LogP contribution is -2.42. The summed E-state index contributed by atoms with van der Waals surface area (Å²) < 4.78 is 12.9.